The van der Waals surface area contributed by atoms with Crippen LogP contribution in [0.2, 0.25) is 5.02 Å². The van der Waals surface area contributed by atoms with Crippen molar-refractivity contribution < 1.29 is 4.74 Å². The smallest absolute Gasteiger partial charge is 0.139 e. The molecule has 0 saturated heterocycles. The average molecular weight is 243 g/mol. The summed E-state index contributed by atoms with van der Waals surface area (Å²) in [7, 11) is 0. The van der Waals surface area contributed by atoms with Gasteiger partial charge in [0.25, 0.3) is 0 Å². The van der Waals surface area contributed by atoms with E-state index in [0.717, 1.165) is 13.0 Å². The summed E-state index contributed by atoms with van der Waals surface area (Å²) in [6.45, 7) is 7.94. The lowest BCUT2D eigenvalue weighted by Crippen LogP contribution is -2.40. The monoisotopic (exact) mass is 242 g/mol. The van der Waals surface area contributed by atoms with Crippen molar-refractivity contribution in [1.29, 1.82) is 0 Å². The van der Waals surface area contributed by atoms with Crippen molar-refractivity contribution in [1.82, 2.24) is 10.3 Å². The standard InChI is InChI=1S/C12H19ClN2O/c1-4-12(2,3)15-5-6-16-11-7-10(13)8-14-9-11/h7-9,15H,4-6H2,1-3H3. The second-order valence-corrected chi connectivity index (χ2v) is 4.79. The van der Waals surface area contributed by atoms with Gasteiger partial charge in [-0.25, -0.2) is 0 Å². The number of aromatic nitrogens is 1. The van der Waals surface area contributed by atoms with Crippen LogP contribution in [0.3, 0.4) is 0 Å². The average Bonchev–Trinajstić information content (AvgIpc) is 2.25. The SMILES string of the molecule is CCC(C)(C)NCCOc1cncc(Cl)c1. The number of pyridine rings is 1. The molecular formula is C12H19ClN2O. The fourth-order valence-electron chi connectivity index (χ4n) is 1.15. The van der Waals surface area contributed by atoms with E-state index in [1.54, 1.807) is 18.5 Å². The van der Waals surface area contributed by atoms with Crippen LogP contribution in [0.5, 0.6) is 5.75 Å². The van der Waals surface area contributed by atoms with Gasteiger partial charge in [0.2, 0.25) is 0 Å². The summed E-state index contributed by atoms with van der Waals surface area (Å²) in [5, 5.41) is 4.01. The highest BCUT2D eigenvalue weighted by atomic mass is 35.5. The Balaban J connectivity index is 2.26. The maximum atomic E-state index is 5.79. The summed E-state index contributed by atoms with van der Waals surface area (Å²) >= 11 is 5.79. The number of nitrogens with one attached hydrogen (secondary N) is 1. The minimum absolute atomic E-state index is 0.163. The molecule has 0 radical (unpaired) electrons. The maximum Gasteiger partial charge on any atom is 0.139 e. The summed E-state index contributed by atoms with van der Waals surface area (Å²) in [6, 6.07) is 1.76. The maximum absolute atomic E-state index is 5.79. The summed E-state index contributed by atoms with van der Waals surface area (Å²) in [4.78, 5) is 3.95. The topological polar surface area (TPSA) is 34.1 Å². The van der Waals surface area contributed by atoms with Crippen LogP contribution in [0.4, 0.5) is 0 Å². The van der Waals surface area contributed by atoms with E-state index < -0.39 is 0 Å². The molecule has 0 spiro atoms. The Bertz CT molecular complexity index is 329. The van der Waals surface area contributed by atoms with Gasteiger partial charge in [0.05, 0.1) is 11.2 Å². The first kappa shape index (κ1) is 13.3. The molecule has 1 aromatic heterocycles. The molecule has 1 heterocycles. The molecule has 1 rings (SSSR count). The van der Waals surface area contributed by atoms with Gasteiger partial charge in [-0.05, 0) is 20.3 Å². The minimum atomic E-state index is 0.163. The Kier molecular flexibility index (Phi) is 5.03. The van der Waals surface area contributed by atoms with Crippen LogP contribution < -0.4 is 10.1 Å². The largest absolute Gasteiger partial charge is 0.491 e. The Morgan fingerprint density at radius 3 is 2.81 bits per heavy atom. The third-order valence-corrected chi connectivity index (χ3v) is 2.74. The summed E-state index contributed by atoms with van der Waals surface area (Å²) < 4.78 is 5.52. The molecule has 90 valence electrons. The molecule has 0 unspecified atom stereocenters. The zero-order valence-electron chi connectivity index (χ0n) is 10.1. The summed E-state index contributed by atoms with van der Waals surface area (Å²) in [5.74, 6) is 0.712. The lowest BCUT2D eigenvalue weighted by molar-refractivity contribution is 0.280. The van der Waals surface area contributed by atoms with E-state index in [1.807, 2.05) is 0 Å². The molecule has 4 heteroatoms. The third kappa shape index (κ3) is 4.81. The highest BCUT2D eigenvalue weighted by Gasteiger charge is 2.12. The van der Waals surface area contributed by atoms with Crippen LogP contribution in [0, 0.1) is 0 Å². The molecule has 1 N–H and O–H groups in total. The quantitative estimate of drug-likeness (QED) is 0.779. The van der Waals surface area contributed by atoms with Crippen molar-refractivity contribution in [2.75, 3.05) is 13.2 Å². The Hall–Kier alpha value is -0.800. The lowest BCUT2D eigenvalue weighted by atomic mass is 10.0. The molecule has 0 aliphatic carbocycles. The van der Waals surface area contributed by atoms with Gasteiger partial charge in [0.15, 0.2) is 0 Å². The van der Waals surface area contributed by atoms with Gasteiger partial charge in [-0.1, -0.05) is 18.5 Å². The molecule has 0 saturated carbocycles. The number of halogens is 1. The molecule has 0 aromatic carbocycles. The number of hydrogen-bond donors (Lipinski definition) is 1. The van der Waals surface area contributed by atoms with Gasteiger partial charge in [-0.15, -0.1) is 0 Å². The van der Waals surface area contributed by atoms with Gasteiger partial charge >= 0.3 is 0 Å². The molecule has 3 nitrogen and oxygen atoms in total. The van der Waals surface area contributed by atoms with Crippen LogP contribution >= 0.6 is 11.6 Å². The van der Waals surface area contributed by atoms with Crippen molar-refractivity contribution in [2.45, 2.75) is 32.7 Å². The van der Waals surface area contributed by atoms with Crippen LogP contribution in [-0.4, -0.2) is 23.7 Å². The number of hydrogen-bond acceptors (Lipinski definition) is 3. The van der Waals surface area contributed by atoms with Gasteiger partial charge in [-0.2, -0.15) is 0 Å². The first-order valence-corrected chi connectivity index (χ1v) is 5.90. The van der Waals surface area contributed by atoms with Crippen LogP contribution in [0.1, 0.15) is 27.2 Å². The van der Waals surface area contributed by atoms with E-state index in [0.29, 0.717) is 17.4 Å². The summed E-state index contributed by atoms with van der Waals surface area (Å²) in [6.07, 6.45) is 4.34. The first-order chi connectivity index (χ1) is 7.53. The van der Waals surface area contributed by atoms with Gasteiger partial charge in [-0.3, -0.25) is 4.98 Å². The van der Waals surface area contributed by atoms with E-state index in [9.17, 15) is 0 Å². The fourth-order valence-corrected chi connectivity index (χ4v) is 1.32. The summed E-state index contributed by atoms with van der Waals surface area (Å²) in [5.41, 5.74) is 0.163. The zero-order chi connectivity index (χ0) is 12.0. The number of rotatable bonds is 6. The number of ether oxygens (including phenoxy) is 1. The van der Waals surface area contributed by atoms with Crippen molar-refractivity contribution in [2.24, 2.45) is 0 Å². The Morgan fingerprint density at radius 2 is 2.19 bits per heavy atom. The predicted molar refractivity (Wildman–Crippen MR) is 67.1 cm³/mol. The van der Waals surface area contributed by atoms with Crippen molar-refractivity contribution in [3.05, 3.63) is 23.5 Å². The molecule has 16 heavy (non-hydrogen) atoms. The minimum Gasteiger partial charge on any atom is -0.491 e. The third-order valence-electron chi connectivity index (χ3n) is 2.54. The zero-order valence-corrected chi connectivity index (χ0v) is 10.8. The van der Waals surface area contributed by atoms with Crippen molar-refractivity contribution in [3.63, 3.8) is 0 Å². The predicted octanol–water partition coefficient (Wildman–Crippen LogP) is 2.89. The molecule has 0 bridgehead atoms. The van der Waals surface area contributed by atoms with E-state index in [-0.39, 0.29) is 5.54 Å². The first-order valence-electron chi connectivity index (χ1n) is 5.52. The number of nitrogens with zero attached hydrogens (tertiary/aromatic N) is 1. The molecule has 0 fully saturated rings. The highest BCUT2D eigenvalue weighted by molar-refractivity contribution is 6.30. The molecule has 0 atom stereocenters. The van der Waals surface area contributed by atoms with Crippen molar-refractivity contribution >= 4 is 11.6 Å². The van der Waals surface area contributed by atoms with Crippen LogP contribution in [-0.2, 0) is 0 Å². The highest BCUT2D eigenvalue weighted by Crippen LogP contribution is 2.14. The van der Waals surface area contributed by atoms with Crippen molar-refractivity contribution in [3.8, 4) is 5.75 Å². The molecule has 0 amide bonds. The van der Waals surface area contributed by atoms with Crippen LogP contribution in [0.15, 0.2) is 18.5 Å². The van der Waals surface area contributed by atoms with E-state index in [2.05, 4.69) is 31.1 Å². The van der Waals surface area contributed by atoms with E-state index >= 15 is 0 Å². The Morgan fingerprint density at radius 1 is 1.44 bits per heavy atom. The second kappa shape index (κ2) is 6.06. The van der Waals surface area contributed by atoms with Gasteiger partial charge < -0.3 is 10.1 Å². The van der Waals surface area contributed by atoms with Gasteiger partial charge in [0.1, 0.15) is 12.4 Å². The molecule has 0 aliphatic rings. The molecule has 0 aliphatic heterocycles. The molecular weight excluding hydrogens is 224 g/mol. The lowest BCUT2D eigenvalue weighted by Gasteiger charge is -2.24. The van der Waals surface area contributed by atoms with Gasteiger partial charge in [0, 0.05) is 24.3 Å². The fraction of sp³-hybridized carbons (Fsp3) is 0.583. The molecule has 1 aromatic rings. The van der Waals surface area contributed by atoms with E-state index in [1.165, 1.54) is 0 Å². The second-order valence-electron chi connectivity index (χ2n) is 4.35. The van der Waals surface area contributed by atoms with Crippen LogP contribution in [0.25, 0.3) is 0 Å². The van der Waals surface area contributed by atoms with E-state index in [4.69, 9.17) is 16.3 Å². The normalized spacial score (nSPS) is 11.5. The Labute approximate surface area is 102 Å².